The molecular weight excluding hydrogens is 330 g/mol. The summed E-state index contributed by atoms with van der Waals surface area (Å²) in [4.78, 5) is 11.9. The van der Waals surface area contributed by atoms with Gasteiger partial charge in [0.2, 0.25) is 5.91 Å². The minimum atomic E-state index is -0.156. The van der Waals surface area contributed by atoms with E-state index in [4.69, 9.17) is 21.1 Å². The Kier molecular flexibility index (Phi) is 5.85. The lowest BCUT2D eigenvalue weighted by molar-refractivity contribution is -0.127. The Hall–Kier alpha value is -1.89. The van der Waals surface area contributed by atoms with E-state index in [1.54, 1.807) is 6.20 Å². The maximum atomic E-state index is 11.9. The summed E-state index contributed by atoms with van der Waals surface area (Å²) in [7, 11) is 0. The standard InChI is InChI=1S/C17H20ClN3O3/c18-14-5-3-12(4-6-14)17-13(9-20-21-17)8-19-16(22)11-23-10-15-2-1-7-24-15/h3-6,9,15H,1-2,7-8,10-11H2,(H,19,22)(H,20,21)/t15-/m0/s1. The number of nitrogens with one attached hydrogen (secondary N) is 2. The van der Waals surface area contributed by atoms with Crippen LogP contribution in [-0.2, 0) is 20.8 Å². The highest BCUT2D eigenvalue weighted by Gasteiger charge is 2.16. The minimum absolute atomic E-state index is 0.0357. The van der Waals surface area contributed by atoms with Gasteiger partial charge in [0.1, 0.15) is 6.61 Å². The van der Waals surface area contributed by atoms with E-state index in [0.29, 0.717) is 18.2 Å². The topological polar surface area (TPSA) is 76.2 Å². The molecule has 2 aromatic rings. The first kappa shape index (κ1) is 17.0. The van der Waals surface area contributed by atoms with E-state index in [1.165, 1.54) is 0 Å². The Balaban J connectivity index is 1.47. The predicted molar refractivity (Wildman–Crippen MR) is 90.7 cm³/mol. The van der Waals surface area contributed by atoms with Crippen molar-refractivity contribution in [2.75, 3.05) is 19.8 Å². The average molecular weight is 350 g/mol. The SMILES string of the molecule is O=C(COC[C@@H]1CCCO1)NCc1cn[nH]c1-c1ccc(Cl)cc1. The molecule has 0 aliphatic carbocycles. The van der Waals surface area contributed by atoms with Crippen LogP contribution in [0.3, 0.4) is 0 Å². The molecule has 1 atom stereocenters. The number of aromatic nitrogens is 2. The maximum absolute atomic E-state index is 11.9. The molecule has 1 aromatic carbocycles. The van der Waals surface area contributed by atoms with E-state index in [9.17, 15) is 4.79 Å². The number of nitrogens with zero attached hydrogens (tertiary/aromatic N) is 1. The van der Waals surface area contributed by atoms with Crippen molar-refractivity contribution in [3.63, 3.8) is 0 Å². The van der Waals surface area contributed by atoms with Crippen molar-refractivity contribution in [1.82, 2.24) is 15.5 Å². The average Bonchev–Trinajstić information content (AvgIpc) is 3.25. The van der Waals surface area contributed by atoms with Crippen LogP contribution in [0.15, 0.2) is 30.5 Å². The fraction of sp³-hybridized carbons (Fsp3) is 0.412. The van der Waals surface area contributed by atoms with Gasteiger partial charge < -0.3 is 14.8 Å². The molecule has 1 saturated heterocycles. The maximum Gasteiger partial charge on any atom is 0.246 e. The second-order valence-corrected chi connectivity index (χ2v) is 6.14. The third-order valence-electron chi connectivity index (χ3n) is 3.89. The fourth-order valence-electron chi connectivity index (χ4n) is 2.62. The van der Waals surface area contributed by atoms with Crippen LogP contribution >= 0.6 is 11.6 Å². The van der Waals surface area contributed by atoms with Crippen molar-refractivity contribution in [3.05, 3.63) is 41.0 Å². The molecule has 0 bridgehead atoms. The number of rotatable bonds is 7. The molecule has 1 amide bonds. The molecule has 128 valence electrons. The molecule has 0 radical (unpaired) electrons. The van der Waals surface area contributed by atoms with Crippen molar-refractivity contribution >= 4 is 17.5 Å². The van der Waals surface area contributed by atoms with Gasteiger partial charge in [0.15, 0.2) is 0 Å². The number of hydrogen-bond donors (Lipinski definition) is 2. The highest BCUT2D eigenvalue weighted by molar-refractivity contribution is 6.30. The predicted octanol–water partition coefficient (Wildman–Crippen LogP) is 2.54. The number of aromatic amines is 1. The number of ether oxygens (including phenoxy) is 2. The lowest BCUT2D eigenvalue weighted by Gasteiger charge is -2.10. The number of amides is 1. The van der Waals surface area contributed by atoms with Crippen LogP contribution in [0, 0.1) is 0 Å². The van der Waals surface area contributed by atoms with E-state index in [0.717, 1.165) is 36.3 Å². The summed E-state index contributed by atoms with van der Waals surface area (Å²) < 4.78 is 10.9. The van der Waals surface area contributed by atoms with Gasteiger partial charge >= 0.3 is 0 Å². The van der Waals surface area contributed by atoms with Crippen molar-refractivity contribution < 1.29 is 14.3 Å². The monoisotopic (exact) mass is 349 g/mol. The summed E-state index contributed by atoms with van der Waals surface area (Å²) in [5.41, 5.74) is 2.74. The minimum Gasteiger partial charge on any atom is -0.376 e. The molecule has 2 heterocycles. The number of carbonyl (C=O) groups excluding carboxylic acids is 1. The third kappa shape index (κ3) is 4.56. The first-order valence-electron chi connectivity index (χ1n) is 7.96. The number of hydrogen-bond acceptors (Lipinski definition) is 4. The zero-order chi connectivity index (χ0) is 16.8. The lowest BCUT2D eigenvalue weighted by Crippen LogP contribution is -2.28. The molecule has 7 heteroatoms. The molecule has 3 rings (SSSR count). The van der Waals surface area contributed by atoms with Crippen molar-refractivity contribution in [3.8, 4) is 11.3 Å². The number of halogens is 1. The van der Waals surface area contributed by atoms with Crippen LogP contribution < -0.4 is 5.32 Å². The summed E-state index contributed by atoms with van der Waals surface area (Å²) >= 11 is 5.91. The molecule has 6 nitrogen and oxygen atoms in total. The van der Waals surface area contributed by atoms with Crippen LogP contribution in [0.25, 0.3) is 11.3 Å². The molecule has 0 unspecified atom stereocenters. The fourth-order valence-corrected chi connectivity index (χ4v) is 2.74. The molecule has 1 aliphatic rings. The molecule has 0 spiro atoms. The third-order valence-corrected chi connectivity index (χ3v) is 4.14. The quantitative estimate of drug-likeness (QED) is 0.805. The van der Waals surface area contributed by atoms with Gasteiger partial charge in [-0.05, 0) is 30.5 Å². The zero-order valence-electron chi connectivity index (χ0n) is 13.3. The Bertz CT molecular complexity index is 666. The number of H-pyrrole nitrogens is 1. The Labute approximate surface area is 145 Å². The first-order valence-corrected chi connectivity index (χ1v) is 8.34. The van der Waals surface area contributed by atoms with Gasteiger partial charge in [0.25, 0.3) is 0 Å². The van der Waals surface area contributed by atoms with E-state index in [1.807, 2.05) is 24.3 Å². The lowest BCUT2D eigenvalue weighted by atomic mass is 10.1. The van der Waals surface area contributed by atoms with Crippen LogP contribution in [0.1, 0.15) is 18.4 Å². The molecule has 0 saturated carbocycles. The van der Waals surface area contributed by atoms with Crippen molar-refractivity contribution in [1.29, 1.82) is 0 Å². The van der Waals surface area contributed by atoms with E-state index < -0.39 is 0 Å². The van der Waals surface area contributed by atoms with Crippen molar-refractivity contribution in [2.24, 2.45) is 0 Å². The molecule has 2 N–H and O–H groups in total. The molecular formula is C17H20ClN3O3. The van der Waals surface area contributed by atoms with Gasteiger partial charge in [-0.2, -0.15) is 5.10 Å². The van der Waals surface area contributed by atoms with Crippen LogP contribution in [0.4, 0.5) is 0 Å². The van der Waals surface area contributed by atoms with Gasteiger partial charge in [0.05, 0.1) is 24.6 Å². The van der Waals surface area contributed by atoms with E-state index in [-0.39, 0.29) is 18.6 Å². The number of carbonyl (C=O) groups is 1. The van der Waals surface area contributed by atoms with Gasteiger partial charge in [-0.1, -0.05) is 23.7 Å². The van der Waals surface area contributed by atoms with Crippen LogP contribution in [0.2, 0.25) is 5.02 Å². The highest BCUT2D eigenvalue weighted by Crippen LogP contribution is 2.22. The largest absolute Gasteiger partial charge is 0.376 e. The zero-order valence-corrected chi connectivity index (χ0v) is 14.0. The second kappa shape index (κ2) is 8.28. The van der Waals surface area contributed by atoms with E-state index >= 15 is 0 Å². The molecule has 24 heavy (non-hydrogen) atoms. The number of benzene rings is 1. The summed E-state index contributed by atoms with van der Waals surface area (Å²) in [6, 6.07) is 7.45. The summed E-state index contributed by atoms with van der Waals surface area (Å²) in [6.45, 7) is 1.67. The normalized spacial score (nSPS) is 17.1. The summed E-state index contributed by atoms with van der Waals surface area (Å²) in [6.07, 6.45) is 3.90. The van der Waals surface area contributed by atoms with Gasteiger partial charge in [-0.25, -0.2) is 0 Å². The molecule has 1 fully saturated rings. The Morgan fingerprint density at radius 1 is 1.42 bits per heavy atom. The second-order valence-electron chi connectivity index (χ2n) is 5.70. The van der Waals surface area contributed by atoms with Gasteiger partial charge in [-0.15, -0.1) is 0 Å². The van der Waals surface area contributed by atoms with E-state index in [2.05, 4.69) is 15.5 Å². The first-order chi connectivity index (χ1) is 11.7. The summed E-state index contributed by atoms with van der Waals surface area (Å²) in [5, 5.41) is 10.5. The summed E-state index contributed by atoms with van der Waals surface area (Å²) in [5.74, 6) is -0.156. The van der Waals surface area contributed by atoms with Crippen LogP contribution in [-0.4, -0.2) is 42.0 Å². The molecule has 1 aliphatic heterocycles. The highest BCUT2D eigenvalue weighted by atomic mass is 35.5. The Morgan fingerprint density at radius 2 is 2.25 bits per heavy atom. The van der Waals surface area contributed by atoms with Crippen LogP contribution in [0.5, 0.6) is 0 Å². The van der Waals surface area contributed by atoms with Gasteiger partial charge in [-0.3, -0.25) is 9.89 Å². The molecule has 1 aromatic heterocycles. The smallest absolute Gasteiger partial charge is 0.246 e. The Morgan fingerprint density at radius 3 is 3.00 bits per heavy atom. The van der Waals surface area contributed by atoms with Crippen molar-refractivity contribution in [2.45, 2.75) is 25.5 Å². The van der Waals surface area contributed by atoms with Gasteiger partial charge in [0, 0.05) is 23.7 Å².